The molecular formula is C25H36ClN3O. The smallest absolute Gasteiger partial charge is 0.253 e. The van der Waals surface area contributed by atoms with Gasteiger partial charge >= 0.3 is 0 Å². The molecule has 1 aromatic carbocycles. The standard InChI is InChI=1S/C25H36ClN3O/c1-4-27(18-20-5-8-21-17-23(20)25(21,2)3)11-12-28-13-15-29(16-14-28)24(30)19-6-9-22(26)10-7-19/h5-7,9-10,21,23H,4,8,11-18H2,1-3H3. The van der Waals surface area contributed by atoms with Crippen LogP contribution in [-0.2, 0) is 0 Å². The summed E-state index contributed by atoms with van der Waals surface area (Å²) in [6.07, 6.45) is 5.22. The van der Waals surface area contributed by atoms with Gasteiger partial charge in [-0.05, 0) is 60.9 Å². The second-order valence-corrected chi connectivity index (χ2v) is 10.3. The number of fused-ring (bicyclic) bond motifs is 1. The van der Waals surface area contributed by atoms with Crippen molar-refractivity contribution >= 4 is 17.5 Å². The van der Waals surface area contributed by atoms with Crippen molar-refractivity contribution < 1.29 is 4.79 Å². The number of piperazine rings is 1. The van der Waals surface area contributed by atoms with E-state index in [2.05, 4.69) is 36.6 Å². The number of allylic oxidation sites excluding steroid dienone is 1. The topological polar surface area (TPSA) is 26.8 Å². The highest BCUT2D eigenvalue weighted by Gasteiger charge is 2.51. The van der Waals surface area contributed by atoms with Crippen molar-refractivity contribution in [2.75, 3.05) is 52.4 Å². The summed E-state index contributed by atoms with van der Waals surface area (Å²) < 4.78 is 0. The Morgan fingerprint density at radius 2 is 1.87 bits per heavy atom. The van der Waals surface area contributed by atoms with E-state index in [1.165, 1.54) is 12.8 Å². The van der Waals surface area contributed by atoms with Gasteiger partial charge < -0.3 is 4.90 Å². The minimum atomic E-state index is 0.118. The summed E-state index contributed by atoms with van der Waals surface area (Å²) in [7, 11) is 0. The highest BCUT2D eigenvalue weighted by Crippen LogP contribution is 2.59. The van der Waals surface area contributed by atoms with Crippen LogP contribution in [0, 0.1) is 17.3 Å². The number of rotatable bonds is 7. The highest BCUT2D eigenvalue weighted by atomic mass is 35.5. The molecule has 1 saturated heterocycles. The summed E-state index contributed by atoms with van der Waals surface area (Å²) in [5.41, 5.74) is 2.92. The van der Waals surface area contributed by atoms with Gasteiger partial charge in [0.15, 0.2) is 0 Å². The number of carbonyl (C=O) groups excluding carboxylic acids is 1. The molecule has 1 aromatic rings. The molecule has 1 aliphatic heterocycles. The molecule has 4 aliphatic rings. The minimum absolute atomic E-state index is 0.118. The molecule has 1 amide bonds. The lowest BCUT2D eigenvalue weighted by molar-refractivity contribution is -0.0108. The summed E-state index contributed by atoms with van der Waals surface area (Å²) >= 11 is 5.94. The third kappa shape index (κ3) is 4.46. The first-order chi connectivity index (χ1) is 14.4. The van der Waals surface area contributed by atoms with E-state index in [1.807, 2.05) is 17.0 Å². The molecule has 0 aromatic heterocycles. The van der Waals surface area contributed by atoms with Crippen LogP contribution in [0.25, 0.3) is 0 Å². The molecule has 1 heterocycles. The number of nitrogens with zero attached hydrogens (tertiary/aromatic N) is 3. The molecule has 2 atom stereocenters. The van der Waals surface area contributed by atoms with Gasteiger partial charge in [-0.1, -0.05) is 44.0 Å². The van der Waals surface area contributed by atoms with Crippen LogP contribution < -0.4 is 0 Å². The fraction of sp³-hybridized carbons (Fsp3) is 0.640. The number of benzene rings is 1. The maximum absolute atomic E-state index is 12.7. The second kappa shape index (κ2) is 9.02. The molecule has 4 nitrogen and oxygen atoms in total. The first-order valence-corrected chi connectivity index (χ1v) is 11.9. The molecule has 0 N–H and O–H groups in total. The van der Waals surface area contributed by atoms with E-state index >= 15 is 0 Å². The third-order valence-corrected chi connectivity index (χ3v) is 8.17. The van der Waals surface area contributed by atoms with Crippen LogP contribution in [-0.4, -0.2) is 73.0 Å². The maximum Gasteiger partial charge on any atom is 0.253 e. The number of halogens is 1. The van der Waals surface area contributed by atoms with Gasteiger partial charge in [-0.2, -0.15) is 0 Å². The number of hydrogen-bond acceptors (Lipinski definition) is 3. The second-order valence-electron chi connectivity index (χ2n) is 9.83. The Morgan fingerprint density at radius 1 is 1.17 bits per heavy atom. The zero-order valence-corrected chi connectivity index (χ0v) is 19.5. The Bertz CT molecular complexity index is 780. The van der Waals surface area contributed by atoms with Gasteiger partial charge in [0.1, 0.15) is 0 Å². The van der Waals surface area contributed by atoms with Gasteiger partial charge in [0.05, 0.1) is 0 Å². The first kappa shape index (κ1) is 21.9. The lowest BCUT2D eigenvalue weighted by Crippen LogP contribution is -2.51. The van der Waals surface area contributed by atoms with Crippen molar-refractivity contribution in [3.05, 3.63) is 46.5 Å². The predicted molar refractivity (Wildman–Crippen MR) is 124 cm³/mol. The minimum Gasteiger partial charge on any atom is -0.336 e. The van der Waals surface area contributed by atoms with Crippen molar-refractivity contribution in [3.63, 3.8) is 0 Å². The lowest BCUT2D eigenvalue weighted by Gasteiger charge is -2.57. The average Bonchev–Trinajstić information content (AvgIpc) is 2.77. The van der Waals surface area contributed by atoms with Gasteiger partial charge in [0.2, 0.25) is 0 Å². The summed E-state index contributed by atoms with van der Waals surface area (Å²) in [6.45, 7) is 15.1. The van der Waals surface area contributed by atoms with Crippen molar-refractivity contribution in [3.8, 4) is 0 Å². The van der Waals surface area contributed by atoms with Crippen molar-refractivity contribution in [2.45, 2.75) is 33.6 Å². The zero-order chi connectivity index (χ0) is 21.3. The third-order valence-electron chi connectivity index (χ3n) is 7.92. The van der Waals surface area contributed by atoms with E-state index in [9.17, 15) is 4.79 Å². The molecule has 0 spiro atoms. The van der Waals surface area contributed by atoms with Gasteiger partial charge in [-0.15, -0.1) is 0 Å². The summed E-state index contributed by atoms with van der Waals surface area (Å²) in [5.74, 6) is 1.83. The first-order valence-electron chi connectivity index (χ1n) is 11.6. The van der Waals surface area contributed by atoms with Gasteiger partial charge in [-0.25, -0.2) is 0 Å². The molecule has 0 radical (unpaired) electrons. The SMILES string of the molecule is CCN(CCN1CCN(C(=O)c2ccc(Cl)cc2)CC1)CC1=CCC2CC1C2(C)C. The van der Waals surface area contributed by atoms with E-state index in [-0.39, 0.29) is 5.91 Å². The van der Waals surface area contributed by atoms with Gasteiger partial charge in [0.25, 0.3) is 5.91 Å². The average molecular weight is 430 g/mol. The quantitative estimate of drug-likeness (QED) is 0.600. The molecule has 30 heavy (non-hydrogen) atoms. The van der Waals surface area contributed by atoms with Crippen LogP contribution in [0.4, 0.5) is 0 Å². The van der Waals surface area contributed by atoms with Crippen molar-refractivity contribution in [1.82, 2.24) is 14.7 Å². The Hall–Kier alpha value is -1.36. The normalized spacial score (nSPS) is 25.8. The number of amides is 1. The summed E-state index contributed by atoms with van der Waals surface area (Å²) in [4.78, 5) is 19.8. The number of hydrogen-bond donors (Lipinski definition) is 0. The molecule has 3 aliphatic carbocycles. The van der Waals surface area contributed by atoms with Crippen LogP contribution in [0.5, 0.6) is 0 Å². The van der Waals surface area contributed by atoms with Crippen LogP contribution in [0.1, 0.15) is 44.0 Å². The Morgan fingerprint density at radius 3 is 2.47 bits per heavy atom. The maximum atomic E-state index is 12.7. The van der Waals surface area contributed by atoms with Crippen LogP contribution >= 0.6 is 11.6 Å². The fourth-order valence-corrected chi connectivity index (χ4v) is 5.62. The molecular weight excluding hydrogens is 394 g/mol. The van der Waals surface area contributed by atoms with Crippen molar-refractivity contribution in [2.24, 2.45) is 17.3 Å². The monoisotopic (exact) mass is 429 g/mol. The van der Waals surface area contributed by atoms with E-state index in [0.29, 0.717) is 10.4 Å². The Balaban J connectivity index is 1.22. The number of likely N-dealkylation sites (N-methyl/N-ethyl adjacent to an activating group) is 1. The van der Waals surface area contributed by atoms with Crippen LogP contribution in [0.2, 0.25) is 5.02 Å². The van der Waals surface area contributed by atoms with Crippen LogP contribution in [0.3, 0.4) is 0 Å². The Labute approximate surface area is 186 Å². The van der Waals surface area contributed by atoms with E-state index in [4.69, 9.17) is 11.6 Å². The fourth-order valence-electron chi connectivity index (χ4n) is 5.50. The molecule has 2 fully saturated rings. The lowest BCUT2D eigenvalue weighted by atomic mass is 9.49. The summed E-state index contributed by atoms with van der Waals surface area (Å²) in [6, 6.07) is 7.22. The molecule has 164 valence electrons. The molecule has 1 saturated carbocycles. The van der Waals surface area contributed by atoms with Crippen molar-refractivity contribution in [1.29, 1.82) is 0 Å². The summed E-state index contributed by atoms with van der Waals surface area (Å²) in [5, 5.41) is 0.668. The van der Waals surface area contributed by atoms with E-state index < -0.39 is 0 Å². The van der Waals surface area contributed by atoms with E-state index in [1.54, 1.807) is 17.7 Å². The number of carbonyl (C=O) groups is 1. The van der Waals surface area contributed by atoms with Crippen LogP contribution in [0.15, 0.2) is 35.9 Å². The highest BCUT2D eigenvalue weighted by molar-refractivity contribution is 6.30. The molecule has 2 bridgehead atoms. The predicted octanol–water partition coefficient (Wildman–Crippen LogP) is 4.41. The molecule has 5 rings (SSSR count). The largest absolute Gasteiger partial charge is 0.336 e. The van der Waals surface area contributed by atoms with E-state index in [0.717, 1.165) is 69.8 Å². The molecule has 5 heteroatoms. The van der Waals surface area contributed by atoms with Gasteiger partial charge in [0, 0.05) is 56.4 Å². The molecule has 2 unspecified atom stereocenters. The Kier molecular flexibility index (Phi) is 6.57. The zero-order valence-electron chi connectivity index (χ0n) is 18.7. The van der Waals surface area contributed by atoms with Gasteiger partial charge in [-0.3, -0.25) is 14.6 Å².